The Morgan fingerprint density at radius 2 is 1.37 bits per heavy atom. The van der Waals surface area contributed by atoms with E-state index in [0.29, 0.717) is 16.2 Å². The van der Waals surface area contributed by atoms with Crippen LogP contribution in [0.25, 0.3) is 0 Å². The fraction of sp³-hybridized carbons (Fsp3) is 0.214. The van der Waals surface area contributed by atoms with Gasteiger partial charge < -0.3 is 19.8 Å². The maximum Gasteiger partial charge on any atom is 0.363 e. The van der Waals surface area contributed by atoms with Gasteiger partial charge in [-0.3, -0.25) is 9.59 Å². The molecule has 41 heavy (non-hydrogen) atoms. The Morgan fingerprint density at radius 3 is 1.88 bits per heavy atom. The number of fused-ring (bicyclic) bond motifs is 6. The third kappa shape index (κ3) is 3.62. The lowest BCUT2D eigenvalue weighted by atomic mass is 9.61. The summed E-state index contributed by atoms with van der Waals surface area (Å²) in [6.07, 6.45) is -0.179. The smallest absolute Gasteiger partial charge is 0.363 e. The predicted molar refractivity (Wildman–Crippen MR) is 147 cm³/mol. The molecule has 1 fully saturated rings. The minimum absolute atomic E-state index is 0.0621. The molecule has 0 aromatic heterocycles. The Morgan fingerprint density at radius 1 is 0.854 bits per heavy atom. The van der Waals surface area contributed by atoms with E-state index in [1.807, 2.05) is 0 Å². The number of rotatable bonds is 2. The summed E-state index contributed by atoms with van der Waals surface area (Å²) in [5.74, 6) is -3.98. The van der Waals surface area contributed by atoms with Gasteiger partial charge in [0.2, 0.25) is 0 Å². The van der Waals surface area contributed by atoms with Crippen molar-refractivity contribution >= 4 is 70.2 Å². The van der Waals surface area contributed by atoms with E-state index in [-0.39, 0.29) is 60.7 Å². The summed E-state index contributed by atoms with van der Waals surface area (Å²) in [7, 11) is 0. The standard InChI is InChI=1S/C28H17Cl4NO8/c1-27(2)19-13(8-15(29)23(36)21(19)31)28(14-9-16(30)24(37)22(32)20(14)27)12-7-10(3-4-11(12)26(39)40-28)25(38)41-33-17(34)5-6-18(33)35/h3-4,7-9,36-37H,5-6H2,1-2H3. The maximum absolute atomic E-state index is 13.4. The number of phenolic OH excluding ortho intramolecular Hbond substituents is 2. The van der Waals surface area contributed by atoms with Gasteiger partial charge in [-0.05, 0) is 41.5 Å². The van der Waals surface area contributed by atoms with Crippen LogP contribution in [0.3, 0.4) is 0 Å². The second kappa shape index (κ2) is 9.00. The third-order valence-corrected chi connectivity index (χ3v) is 8.99. The quantitative estimate of drug-likeness (QED) is 0.257. The largest absolute Gasteiger partial charge is 0.505 e. The van der Waals surface area contributed by atoms with Gasteiger partial charge in [-0.1, -0.05) is 60.3 Å². The fourth-order valence-corrected chi connectivity index (χ4v) is 7.23. The van der Waals surface area contributed by atoms with Crippen LogP contribution in [-0.2, 0) is 30.2 Å². The summed E-state index contributed by atoms with van der Waals surface area (Å²) < 4.78 is 6.10. The van der Waals surface area contributed by atoms with E-state index in [2.05, 4.69) is 0 Å². The van der Waals surface area contributed by atoms with Crippen molar-refractivity contribution in [1.82, 2.24) is 5.06 Å². The first-order valence-electron chi connectivity index (χ1n) is 12.1. The van der Waals surface area contributed by atoms with Crippen molar-refractivity contribution in [2.45, 2.75) is 37.7 Å². The van der Waals surface area contributed by atoms with Crippen LogP contribution in [0.4, 0.5) is 0 Å². The van der Waals surface area contributed by atoms with E-state index >= 15 is 0 Å². The predicted octanol–water partition coefficient (Wildman–Crippen LogP) is 6.03. The Kier molecular flexibility index (Phi) is 6.07. The number of imide groups is 1. The molecular weight excluding hydrogens is 620 g/mol. The van der Waals surface area contributed by atoms with Gasteiger partial charge in [0.05, 0.1) is 31.2 Å². The molecule has 0 atom stereocenters. The molecular formula is C28H17Cl4NO8. The zero-order valence-electron chi connectivity index (χ0n) is 21.1. The number of hydroxylamine groups is 2. The third-order valence-electron chi connectivity index (χ3n) is 7.68. The second-order valence-corrected chi connectivity index (χ2v) is 11.9. The molecule has 13 heteroatoms. The van der Waals surface area contributed by atoms with Gasteiger partial charge >= 0.3 is 11.9 Å². The van der Waals surface area contributed by atoms with E-state index in [1.165, 1.54) is 30.3 Å². The average Bonchev–Trinajstić information content (AvgIpc) is 3.39. The van der Waals surface area contributed by atoms with Gasteiger partial charge in [0, 0.05) is 34.9 Å². The highest BCUT2D eigenvalue weighted by Crippen LogP contribution is 2.62. The van der Waals surface area contributed by atoms with Crippen molar-refractivity contribution in [3.63, 3.8) is 0 Å². The molecule has 6 rings (SSSR count). The van der Waals surface area contributed by atoms with Crippen LogP contribution in [0, 0.1) is 0 Å². The van der Waals surface area contributed by atoms with Crippen LogP contribution in [0.1, 0.15) is 75.2 Å². The molecule has 0 radical (unpaired) electrons. The van der Waals surface area contributed by atoms with Gasteiger partial charge in [0.25, 0.3) is 11.8 Å². The van der Waals surface area contributed by atoms with Gasteiger partial charge in [-0.25, -0.2) is 9.59 Å². The minimum atomic E-state index is -1.86. The lowest BCUT2D eigenvalue weighted by molar-refractivity contribution is -0.172. The molecule has 0 unspecified atom stereocenters. The summed E-state index contributed by atoms with van der Waals surface area (Å²) in [6.45, 7) is 3.48. The molecule has 3 aromatic carbocycles. The first-order chi connectivity index (χ1) is 19.2. The molecule has 0 bridgehead atoms. The number of benzene rings is 3. The Labute approximate surface area is 252 Å². The maximum atomic E-state index is 13.4. The van der Waals surface area contributed by atoms with Crippen molar-refractivity contribution in [3.05, 3.63) is 89.4 Å². The second-order valence-electron chi connectivity index (χ2n) is 10.3. The van der Waals surface area contributed by atoms with Crippen LogP contribution in [0.15, 0.2) is 30.3 Å². The fourth-order valence-electron chi connectivity index (χ4n) is 5.85. The Bertz CT molecular complexity index is 1700. The van der Waals surface area contributed by atoms with Gasteiger partial charge in [0.15, 0.2) is 17.1 Å². The molecule has 2 N–H and O–H groups in total. The van der Waals surface area contributed by atoms with E-state index in [9.17, 15) is 29.4 Å². The van der Waals surface area contributed by atoms with Crippen molar-refractivity contribution in [1.29, 1.82) is 0 Å². The molecule has 1 spiro atoms. The number of ether oxygens (including phenoxy) is 1. The summed E-state index contributed by atoms with van der Waals surface area (Å²) >= 11 is 26.1. The summed E-state index contributed by atoms with van der Waals surface area (Å²) in [5, 5.41) is 21.2. The lowest BCUT2D eigenvalue weighted by Gasteiger charge is -2.45. The van der Waals surface area contributed by atoms with E-state index in [1.54, 1.807) is 13.8 Å². The van der Waals surface area contributed by atoms with Crippen LogP contribution in [-0.4, -0.2) is 39.0 Å². The molecule has 0 saturated carbocycles. The van der Waals surface area contributed by atoms with Crippen molar-refractivity contribution in [2.75, 3.05) is 0 Å². The van der Waals surface area contributed by atoms with E-state index < -0.39 is 46.3 Å². The summed E-state index contributed by atoms with van der Waals surface area (Å²) in [6, 6.07) is 6.74. The van der Waals surface area contributed by atoms with Crippen LogP contribution >= 0.6 is 46.4 Å². The molecule has 2 heterocycles. The first-order valence-corrected chi connectivity index (χ1v) is 13.6. The van der Waals surface area contributed by atoms with E-state index in [4.69, 9.17) is 56.0 Å². The van der Waals surface area contributed by atoms with Crippen molar-refractivity contribution < 1.29 is 39.0 Å². The van der Waals surface area contributed by atoms with Gasteiger partial charge in [-0.2, -0.15) is 0 Å². The number of phenols is 2. The number of carbonyl (C=O) groups excluding carboxylic acids is 4. The van der Waals surface area contributed by atoms with Crippen LogP contribution in [0.5, 0.6) is 11.5 Å². The number of carbonyl (C=O) groups is 4. The monoisotopic (exact) mass is 635 g/mol. The zero-order chi connectivity index (χ0) is 29.8. The highest BCUT2D eigenvalue weighted by Gasteiger charge is 2.58. The number of aromatic hydroxyl groups is 2. The molecule has 2 aliphatic heterocycles. The highest BCUT2D eigenvalue weighted by molar-refractivity contribution is 6.39. The summed E-state index contributed by atoms with van der Waals surface area (Å²) in [4.78, 5) is 55.6. The van der Waals surface area contributed by atoms with Crippen LogP contribution in [0.2, 0.25) is 20.1 Å². The number of hydrogen-bond donors (Lipinski definition) is 2. The van der Waals surface area contributed by atoms with Crippen molar-refractivity contribution in [3.8, 4) is 11.5 Å². The number of nitrogens with zero attached hydrogens (tertiary/aromatic N) is 1. The summed E-state index contributed by atoms with van der Waals surface area (Å²) in [5.41, 5.74) is -1.78. The topological polar surface area (TPSA) is 130 Å². The number of halogens is 4. The van der Waals surface area contributed by atoms with Gasteiger partial charge in [-0.15, -0.1) is 5.06 Å². The lowest BCUT2D eigenvalue weighted by Crippen LogP contribution is -2.42. The minimum Gasteiger partial charge on any atom is -0.505 e. The van der Waals surface area contributed by atoms with Crippen molar-refractivity contribution in [2.24, 2.45) is 0 Å². The number of hydrogen-bond acceptors (Lipinski definition) is 8. The molecule has 2 amide bonds. The number of amides is 2. The molecule has 1 saturated heterocycles. The number of esters is 1. The molecule has 3 aliphatic rings. The Balaban J connectivity index is 1.66. The highest BCUT2D eigenvalue weighted by atomic mass is 35.5. The van der Waals surface area contributed by atoms with E-state index in [0.717, 1.165) is 0 Å². The molecule has 3 aromatic rings. The first kappa shape index (κ1) is 27.7. The molecule has 210 valence electrons. The Hall–Kier alpha value is -3.50. The zero-order valence-corrected chi connectivity index (χ0v) is 24.1. The normalized spacial score (nSPS) is 17.8. The van der Waals surface area contributed by atoms with Crippen LogP contribution < -0.4 is 0 Å². The molecule has 9 nitrogen and oxygen atoms in total. The SMILES string of the molecule is CC1(C)c2c(cc(Cl)c(O)c2Cl)C2(OC(=O)c3ccc(C(=O)ON4C(=O)CCC4=O)cc32)c2cc(Cl)c(O)c(Cl)c21. The van der Waals surface area contributed by atoms with Gasteiger partial charge in [0.1, 0.15) is 0 Å². The average molecular weight is 637 g/mol. The molecule has 1 aliphatic carbocycles.